The Morgan fingerprint density at radius 1 is 1.50 bits per heavy atom. The quantitative estimate of drug-likeness (QED) is 0.645. The van der Waals surface area contributed by atoms with E-state index in [0.717, 1.165) is 19.4 Å². The molecular formula is C10H14N4O2. The van der Waals surface area contributed by atoms with Crippen LogP contribution in [0.5, 0.6) is 0 Å². The second-order valence-electron chi connectivity index (χ2n) is 3.85. The molecule has 0 radical (unpaired) electrons. The van der Waals surface area contributed by atoms with Gasteiger partial charge in [-0.25, -0.2) is 4.98 Å². The molecule has 1 amide bonds. The Kier molecular flexibility index (Phi) is 2.89. The van der Waals surface area contributed by atoms with Crippen LogP contribution in [-0.4, -0.2) is 28.5 Å². The molecule has 3 N–H and O–H groups in total. The molecule has 0 saturated carbocycles. The second-order valence-corrected chi connectivity index (χ2v) is 3.85. The minimum Gasteiger partial charge on any atom is -0.358 e. The molecule has 86 valence electrons. The summed E-state index contributed by atoms with van der Waals surface area (Å²) in [6.45, 7) is 2.42. The molecule has 1 atom stereocenters. The molecule has 6 heteroatoms. The van der Waals surface area contributed by atoms with Gasteiger partial charge in [-0.15, -0.1) is 0 Å². The number of aromatic amines is 1. The lowest BCUT2D eigenvalue weighted by Crippen LogP contribution is -2.44. The third-order valence-electron chi connectivity index (χ3n) is 2.47. The maximum atomic E-state index is 11.5. The molecule has 1 aromatic heterocycles. The fourth-order valence-electron chi connectivity index (χ4n) is 1.74. The molecule has 2 rings (SSSR count). The Morgan fingerprint density at radius 3 is 3.00 bits per heavy atom. The van der Waals surface area contributed by atoms with Gasteiger partial charge in [-0.3, -0.25) is 9.59 Å². The topological polar surface area (TPSA) is 86.9 Å². The number of aromatic nitrogens is 2. The summed E-state index contributed by atoms with van der Waals surface area (Å²) in [5.74, 6) is 0.945. The van der Waals surface area contributed by atoms with Crippen molar-refractivity contribution in [3.8, 4) is 0 Å². The highest BCUT2D eigenvalue weighted by molar-refractivity contribution is 5.84. The number of rotatable bonds is 2. The molecule has 1 aliphatic rings. The Bertz CT molecular complexity index is 454. The van der Waals surface area contributed by atoms with Gasteiger partial charge in [0.25, 0.3) is 5.56 Å². The first-order chi connectivity index (χ1) is 7.65. The van der Waals surface area contributed by atoms with Crippen molar-refractivity contribution in [1.29, 1.82) is 0 Å². The summed E-state index contributed by atoms with van der Waals surface area (Å²) in [7, 11) is 0. The van der Waals surface area contributed by atoms with Crippen LogP contribution in [0.3, 0.4) is 0 Å². The van der Waals surface area contributed by atoms with Gasteiger partial charge in [-0.2, -0.15) is 0 Å². The third kappa shape index (κ3) is 2.39. The van der Waals surface area contributed by atoms with E-state index >= 15 is 0 Å². The van der Waals surface area contributed by atoms with E-state index in [4.69, 9.17) is 0 Å². The summed E-state index contributed by atoms with van der Waals surface area (Å²) in [6.07, 6.45) is 1.70. The predicted molar refractivity (Wildman–Crippen MR) is 59.2 cm³/mol. The van der Waals surface area contributed by atoms with Crippen molar-refractivity contribution >= 4 is 11.7 Å². The molecular weight excluding hydrogens is 208 g/mol. The highest BCUT2D eigenvalue weighted by Crippen LogP contribution is 2.09. The normalized spacial score (nSPS) is 20.3. The van der Waals surface area contributed by atoms with Gasteiger partial charge in [0.1, 0.15) is 17.7 Å². The summed E-state index contributed by atoms with van der Waals surface area (Å²) < 4.78 is 0. The van der Waals surface area contributed by atoms with Gasteiger partial charge in [0.15, 0.2) is 0 Å². The van der Waals surface area contributed by atoms with Gasteiger partial charge in [-0.1, -0.05) is 0 Å². The molecule has 6 nitrogen and oxygen atoms in total. The van der Waals surface area contributed by atoms with Crippen molar-refractivity contribution in [3.63, 3.8) is 0 Å². The van der Waals surface area contributed by atoms with E-state index in [2.05, 4.69) is 20.6 Å². The number of nitrogens with one attached hydrogen (secondary N) is 3. The number of aryl methyl sites for hydroxylation is 1. The Labute approximate surface area is 92.5 Å². The maximum Gasteiger partial charge on any atom is 0.252 e. The van der Waals surface area contributed by atoms with Gasteiger partial charge in [0.05, 0.1) is 0 Å². The number of anilines is 1. The summed E-state index contributed by atoms with van der Waals surface area (Å²) in [5.41, 5.74) is -0.216. The fourth-order valence-corrected chi connectivity index (χ4v) is 1.74. The molecule has 1 aliphatic heterocycles. The lowest BCUT2D eigenvalue weighted by Gasteiger charge is -2.23. The summed E-state index contributed by atoms with van der Waals surface area (Å²) in [5, 5.41) is 5.74. The van der Waals surface area contributed by atoms with E-state index in [-0.39, 0.29) is 17.5 Å². The van der Waals surface area contributed by atoms with Crippen LogP contribution < -0.4 is 16.2 Å². The van der Waals surface area contributed by atoms with Crippen LogP contribution in [0.1, 0.15) is 18.7 Å². The Hall–Kier alpha value is -1.85. The monoisotopic (exact) mass is 222 g/mol. The lowest BCUT2D eigenvalue weighted by atomic mass is 10.1. The summed E-state index contributed by atoms with van der Waals surface area (Å²) in [4.78, 5) is 29.3. The zero-order valence-corrected chi connectivity index (χ0v) is 9.04. The number of hydrogen-bond acceptors (Lipinski definition) is 4. The van der Waals surface area contributed by atoms with Crippen LogP contribution in [0.25, 0.3) is 0 Å². The molecule has 0 aliphatic carbocycles. The maximum absolute atomic E-state index is 11.5. The van der Waals surface area contributed by atoms with Crippen molar-refractivity contribution in [2.24, 2.45) is 0 Å². The lowest BCUT2D eigenvalue weighted by molar-refractivity contribution is -0.123. The van der Waals surface area contributed by atoms with Gasteiger partial charge in [0.2, 0.25) is 5.91 Å². The van der Waals surface area contributed by atoms with Crippen LogP contribution in [0, 0.1) is 6.92 Å². The van der Waals surface area contributed by atoms with E-state index in [1.807, 2.05) is 0 Å². The molecule has 0 bridgehead atoms. The van der Waals surface area contributed by atoms with E-state index in [0.29, 0.717) is 11.6 Å². The zero-order valence-electron chi connectivity index (χ0n) is 9.04. The number of amides is 1. The van der Waals surface area contributed by atoms with Gasteiger partial charge < -0.3 is 15.6 Å². The Balaban J connectivity index is 2.13. The number of hydrogen-bond donors (Lipinski definition) is 3. The van der Waals surface area contributed by atoms with E-state index in [9.17, 15) is 9.59 Å². The predicted octanol–water partition coefficient (Wildman–Crippen LogP) is -0.231. The van der Waals surface area contributed by atoms with E-state index in [1.165, 1.54) is 6.07 Å². The summed E-state index contributed by atoms with van der Waals surface area (Å²) >= 11 is 0. The molecule has 1 fully saturated rings. The standard InChI is InChI=1S/C10H14N4O2/c1-6-12-8(5-9(15)13-6)14-7-3-2-4-11-10(7)16/h5,7H,2-4H2,1H3,(H,11,16)(H2,12,13,14,15). The van der Waals surface area contributed by atoms with Gasteiger partial charge >= 0.3 is 0 Å². The van der Waals surface area contributed by atoms with E-state index < -0.39 is 0 Å². The Morgan fingerprint density at radius 2 is 2.31 bits per heavy atom. The van der Waals surface area contributed by atoms with Crippen LogP contribution in [0.2, 0.25) is 0 Å². The number of carbonyl (C=O) groups excluding carboxylic acids is 1. The van der Waals surface area contributed by atoms with Crippen LogP contribution in [0.4, 0.5) is 5.82 Å². The van der Waals surface area contributed by atoms with Crippen molar-refractivity contribution in [2.75, 3.05) is 11.9 Å². The minimum atomic E-state index is -0.289. The molecule has 0 aromatic carbocycles. The first-order valence-corrected chi connectivity index (χ1v) is 5.27. The molecule has 0 spiro atoms. The van der Waals surface area contributed by atoms with Crippen molar-refractivity contribution in [3.05, 3.63) is 22.2 Å². The first kappa shape index (κ1) is 10.7. The van der Waals surface area contributed by atoms with Crippen molar-refractivity contribution in [2.45, 2.75) is 25.8 Å². The average Bonchev–Trinajstić information content (AvgIpc) is 2.20. The second kappa shape index (κ2) is 4.34. The molecule has 1 aromatic rings. The van der Waals surface area contributed by atoms with Crippen LogP contribution in [-0.2, 0) is 4.79 Å². The number of carbonyl (C=O) groups is 1. The molecule has 2 heterocycles. The first-order valence-electron chi connectivity index (χ1n) is 5.27. The largest absolute Gasteiger partial charge is 0.358 e. The van der Waals surface area contributed by atoms with Gasteiger partial charge in [0, 0.05) is 12.6 Å². The third-order valence-corrected chi connectivity index (χ3v) is 2.47. The number of nitrogens with zero attached hydrogens (tertiary/aromatic N) is 1. The number of H-pyrrole nitrogens is 1. The van der Waals surface area contributed by atoms with Crippen molar-refractivity contribution < 1.29 is 4.79 Å². The molecule has 16 heavy (non-hydrogen) atoms. The molecule has 1 saturated heterocycles. The van der Waals surface area contributed by atoms with Gasteiger partial charge in [-0.05, 0) is 19.8 Å². The van der Waals surface area contributed by atoms with Crippen molar-refractivity contribution in [1.82, 2.24) is 15.3 Å². The highest BCUT2D eigenvalue weighted by atomic mass is 16.2. The number of piperidine rings is 1. The smallest absolute Gasteiger partial charge is 0.252 e. The molecule has 1 unspecified atom stereocenters. The average molecular weight is 222 g/mol. The zero-order chi connectivity index (χ0) is 11.5. The minimum absolute atomic E-state index is 0.0361. The fraction of sp³-hybridized carbons (Fsp3) is 0.500. The van der Waals surface area contributed by atoms with Crippen LogP contribution in [0.15, 0.2) is 10.9 Å². The summed E-state index contributed by atoms with van der Waals surface area (Å²) in [6, 6.07) is 1.07. The SMILES string of the molecule is Cc1nc(NC2CCCNC2=O)cc(=O)[nH]1. The van der Waals surface area contributed by atoms with E-state index in [1.54, 1.807) is 6.92 Å². The highest BCUT2D eigenvalue weighted by Gasteiger charge is 2.21. The van der Waals surface area contributed by atoms with Crippen LogP contribution >= 0.6 is 0 Å².